The van der Waals surface area contributed by atoms with Crippen LogP contribution in [0.2, 0.25) is 5.02 Å². The highest BCUT2D eigenvalue weighted by molar-refractivity contribution is 9.10. The van der Waals surface area contributed by atoms with E-state index in [1.165, 1.54) is 4.90 Å². The first kappa shape index (κ1) is 24.3. The molecule has 34 heavy (non-hydrogen) atoms. The van der Waals surface area contributed by atoms with Gasteiger partial charge < -0.3 is 14.8 Å². The highest BCUT2D eigenvalue weighted by Crippen LogP contribution is 2.30. The topological polar surface area (TPSA) is 68.6 Å². The van der Waals surface area contributed by atoms with Gasteiger partial charge in [0.1, 0.15) is 23.8 Å². The predicted molar refractivity (Wildman–Crippen MR) is 139 cm³/mol. The van der Waals surface area contributed by atoms with Crippen LogP contribution < -0.4 is 14.8 Å². The number of hydrogen-bond acceptors (Lipinski definition) is 5. The van der Waals surface area contributed by atoms with Crippen molar-refractivity contribution in [2.24, 2.45) is 0 Å². The summed E-state index contributed by atoms with van der Waals surface area (Å²) in [6.07, 6.45) is 5.42. The average Bonchev–Trinajstić information content (AvgIpc) is 3.38. The molecule has 1 fully saturated rings. The zero-order valence-electron chi connectivity index (χ0n) is 18.5. The Kier molecular flexibility index (Phi) is 7.55. The molecule has 0 saturated carbocycles. The monoisotopic (exact) mass is 560 g/mol. The summed E-state index contributed by atoms with van der Waals surface area (Å²) in [4.78, 5) is 14.5. The molecule has 0 aliphatic carbocycles. The third-order valence-electron chi connectivity index (χ3n) is 5.21. The van der Waals surface area contributed by atoms with Crippen molar-refractivity contribution in [1.82, 2.24) is 20.0 Å². The van der Waals surface area contributed by atoms with Crippen LogP contribution in [-0.2, 0) is 24.5 Å². The fourth-order valence-corrected chi connectivity index (χ4v) is 4.46. The van der Waals surface area contributed by atoms with Crippen LogP contribution in [0.15, 0.2) is 59.0 Å². The first-order valence-corrected chi connectivity index (χ1v) is 12.1. The lowest BCUT2D eigenvalue weighted by atomic mass is 10.1. The molecule has 1 saturated heterocycles. The fourth-order valence-electron chi connectivity index (χ4n) is 3.47. The Morgan fingerprint density at radius 3 is 2.74 bits per heavy atom. The molecule has 0 unspecified atom stereocenters. The first-order chi connectivity index (χ1) is 16.4. The molecule has 1 N–H and O–H groups in total. The highest BCUT2D eigenvalue weighted by Gasteiger charge is 2.31. The van der Waals surface area contributed by atoms with E-state index < -0.39 is 0 Å². The van der Waals surface area contributed by atoms with E-state index in [9.17, 15) is 4.79 Å². The molecule has 7 nitrogen and oxygen atoms in total. The van der Waals surface area contributed by atoms with Crippen molar-refractivity contribution in [1.29, 1.82) is 0 Å². The third kappa shape index (κ3) is 5.43. The number of nitrogens with one attached hydrogen (secondary N) is 1. The van der Waals surface area contributed by atoms with Gasteiger partial charge in [0, 0.05) is 28.3 Å². The summed E-state index contributed by atoms with van der Waals surface area (Å²) in [6, 6.07) is 11.0. The Morgan fingerprint density at radius 2 is 2.03 bits per heavy atom. The van der Waals surface area contributed by atoms with Gasteiger partial charge in [-0.25, -0.2) is 0 Å². The number of halogens is 2. The molecule has 0 atom stereocenters. The summed E-state index contributed by atoms with van der Waals surface area (Å²) in [5.74, 6) is 1.05. The number of aromatic nitrogens is 2. The molecule has 1 aliphatic rings. The van der Waals surface area contributed by atoms with Gasteiger partial charge in [0.25, 0.3) is 5.91 Å². The number of thiocarbonyl (C=S) groups is 1. The second-order valence-corrected chi connectivity index (χ2v) is 9.23. The Balaban J connectivity index is 1.51. The number of aryl methyl sites for hydroxylation is 1. The minimum atomic E-state index is -0.190. The average molecular weight is 562 g/mol. The normalized spacial score (nSPS) is 14.6. The molecule has 0 spiro atoms. The summed E-state index contributed by atoms with van der Waals surface area (Å²) >= 11 is 15.0. The molecule has 2 aromatic carbocycles. The van der Waals surface area contributed by atoms with Crippen LogP contribution in [0.4, 0.5) is 0 Å². The van der Waals surface area contributed by atoms with Gasteiger partial charge in [0.2, 0.25) is 0 Å². The van der Waals surface area contributed by atoms with Crippen LogP contribution in [-0.4, -0.2) is 32.8 Å². The molecule has 176 valence electrons. The maximum absolute atomic E-state index is 13.0. The van der Waals surface area contributed by atoms with Gasteiger partial charge in [-0.3, -0.25) is 14.4 Å². The van der Waals surface area contributed by atoms with Crippen molar-refractivity contribution in [3.8, 4) is 11.5 Å². The molecular formula is C24H22BrClN4O3S. The molecule has 10 heteroatoms. The second-order valence-electron chi connectivity index (χ2n) is 7.52. The summed E-state index contributed by atoms with van der Waals surface area (Å²) < 4.78 is 14.1. The number of carbonyl (C=O) groups excluding carboxylic acids is 1. The second kappa shape index (κ2) is 10.6. The lowest BCUT2D eigenvalue weighted by Crippen LogP contribution is -2.29. The van der Waals surface area contributed by atoms with E-state index in [4.69, 9.17) is 33.3 Å². The van der Waals surface area contributed by atoms with Gasteiger partial charge in [-0.1, -0.05) is 33.6 Å². The lowest BCUT2D eigenvalue weighted by Gasteiger charge is -2.13. The van der Waals surface area contributed by atoms with Crippen molar-refractivity contribution in [3.05, 3.63) is 80.7 Å². The lowest BCUT2D eigenvalue weighted by molar-refractivity contribution is -0.122. The van der Waals surface area contributed by atoms with E-state index in [1.807, 2.05) is 42.1 Å². The Bertz CT molecular complexity index is 1280. The maximum Gasteiger partial charge on any atom is 0.276 e. The Morgan fingerprint density at radius 1 is 1.24 bits per heavy atom. The van der Waals surface area contributed by atoms with E-state index >= 15 is 0 Å². The quantitative estimate of drug-likeness (QED) is 0.303. The third-order valence-corrected chi connectivity index (χ3v) is 6.32. The summed E-state index contributed by atoms with van der Waals surface area (Å²) in [5.41, 5.74) is 2.94. The van der Waals surface area contributed by atoms with Crippen LogP contribution in [0.1, 0.15) is 23.6 Å². The highest BCUT2D eigenvalue weighted by atomic mass is 79.9. The van der Waals surface area contributed by atoms with Crippen molar-refractivity contribution in [2.45, 2.75) is 26.6 Å². The van der Waals surface area contributed by atoms with Crippen LogP contribution in [0.5, 0.6) is 11.5 Å². The minimum absolute atomic E-state index is 0.190. The van der Waals surface area contributed by atoms with Crippen molar-refractivity contribution in [3.63, 3.8) is 0 Å². The van der Waals surface area contributed by atoms with Gasteiger partial charge in [-0.15, -0.1) is 0 Å². The standard InChI is InChI=1S/C24H22BrClN4O3S/c1-3-29-12-16(11-27-29)13-30-23(31)20(28-24(30)34)9-15-4-6-21(32-2)17(8-15)14-33-22-7-5-18(25)10-19(22)26/h4-12H,3,13-14H2,1-2H3,(H,28,34)/b20-9+. The van der Waals surface area contributed by atoms with Gasteiger partial charge in [0.15, 0.2) is 5.11 Å². The molecule has 1 aromatic heterocycles. The number of methoxy groups -OCH3 is 1. The molecule has 3 aromatic rings. The molecular weight excluding hydrogens is 540 g/mol. The molecule has 4 rings (SSSR count). The van der Waals surface area contributed by atoms with Crippen LogP contribution in [0.25, 0.3) is 6.08 Å². The van der Waals surface area contributed by atoms with Crippen molar-refractivity contribution < 1.29 is 14.3 Å². The van der Waals surface area contributed by atoms with E-state index in [0.29, 0.717) is 33.9 Å². The van der Waals surface area contributed by atoms with Gasteiger partial charge in [-0.2, -0.15) is 5.10 Å². The number of nitrogens with zero attached hydrogens (tertiary/aromatic N) is 3. The van der Waals surface area contributed by atoms with Crippen molar-refractivity contribution >= 4 is 56.8 Å². The van der Waals surface area contributed by atoms with Gasteiger partial charge >= 0.3 is 0 Å². The summed E-state index contributed by atoms with van der Waals surface area (Å²) in [6.45, 7) is 3.37. The molecule has 2 heterocycles. The number of hydrogen-bond donors (Lipinski definition) is 1. The number of rotatable bonds is 8. The van der Waals surface area contributed by atoms with E-state index in [2.05, 4.69) is 26.3 Å². The number of benzene rings is 2. The van der Waals surface area contributed by atoms with Gasteiger partial charge in [-0.05, 0) is 61.1 Å². The van der Waals surface area contributed by atoms with Gasteiger partial charge in [0.05, 0.1) is 24.9 Å². The number of carbonyl (C=O) groups is 1. The minimum Gasteiger partial charge on any atom is -0.496 e. The molecule has 1 aliphatic heterocycles. The fraction of sp³-hybridized carbons (Fsp3) is 0.208. The van der Waals surface area contributed by atoms with E-state index in [0.717, 1.165) is 27.7 Å². The Labute approximate surface area is 216 Å². The zero-order valence-corrected chi connectivity index (χ0v) is 21.7. The number of ether oxygens (including phenoxy) is 2. The van der Waals surface area contributed by atoms with Crippen LogP contribution in [0, 0.1) is 0 Å². The zero-order chi connectivity index (χ0) is 24.2. The molecule has 0 bridgehead atoms. The number of amides is 1. The van der Waals surface area contributed by atoms with Crippen LogP contribution >= 0.6 is 39.7 Å². The van der Waals surface area contributed by atoms with Crippen LogP contribution in [0.3, 0.4) is 0 Å². The summed E-state index contributed by atoms with van der Waals surface area (Å²) in [7, 11) is 1.60. The molecule has 0 radical (unpaired) electrons. The summed E-state index contributed by atoms with van der Waals surface area (Å²) in [5, 5.41) is 8.14. The largest absolute Gasteiger partial charge is 0.496 e. The van der Waals surface area contributed by atoms with E-state index in [-0.39, 0.29) is 12.5 Å². The predicted octanol–water partition coefficient (Wildman–Crippen LogP) is 5.16. The SMILES string of the molecule is CCn1cc(CN2C(=O)/C(=C\c3ccc(OC)c(COc4ccc(Br)cc4Cl)c3)NC2=S)cn1. The smallest absolute Gasteiger partial charge is 0.276 e. The Hall–Kier alpha value is -2.88. The van der Waals surface area contributed by atoms with E-state index in [1.54, 1.807) is 31.5 Å². The first-order valence-electron chi connectivity index (χ1n) is 10.5. The van der Waals surface area contributed by atoms with Crippen molar-refractivity contribution in [2.75, 3.05) is 7.11 Å². The maximum atomic E-state index is 13.0. The molecule has 1 amide bonds.